The first-order valence-electron chi connectivity index (χ1n) is 6.42. The zero-order valence-corrected chi connectivity index (χ0v) is 11.9. The second kappa shape index (κ2) is 5.03. The summed E-state index contributed by atoms with van der Waals surface area (Å²) in [6.45, 7) is 2.79. The summed E-state index contributed by atoms with van der Waals surface area (Å²) in [6, 6.07) is 15.9. The van der Waals surface area contributed by atoms with Crippen LogP contribution >= 0.6 is 11.6 Å². The SMILES string of the molecule is Cc1cc(C#N)ccc1Cn1ccc2cccc(Cl)c21. The number of halogens is 1. The molecule has 0 aliphatic rings. The van der Waals surface area contributed by atoms with Crippen molar-refractivity contribution in [2.75, 3.05) is 0 Å². The normalized spacial score (nSPS) is 10.7. The Bertz CT molecular complexity index is 825. The number of nitriles is 1. The molecule has 0 unspecified atom stereocenters. The highest BCUT2D eigenvalue weighted by Crippen LogP contribution is 2.25. The summed E-state index contributed by atoms with van der Waals surface area (Å²) in [6.07, 6.45) is 2.05. The minimum Gasteiger partial charge on any atom is -0.342 e. The van der Waals surface area contributed by atoms with E-state index in [1.807, 2.05) is 43.5 Å². The Morgan fingerprint density at radius 1 is 1.20 bits per heavy atom. The average molecular weight is 281 g/mol. The number of nitrogens with zero attached hydrogens (tertiary/aromatic N) is 2. The highest BCUT2D eigenvalue weighted by Gasteiger charge is 2.07. The van der Waals surface area contributed by atoms with Crippen molar-refractivity contribution in [1.29, 1.82) is 5.26 Å². The van der Waals surface area contributed by atoms with E-state index in [0.717, 1.165) is 28.0 Å². The van der Waals surface area contributed by atoms with Gasteiger partial charge < -0.3 is 4.57 Å². The molecule has 1 heterocycles. The fourth-order valence-electron chi connectivity index (χ4n) is 2.47. The molecule has 1 aromatic heterocycles. The molecule has 3 rings (SSSR count). The van der Waals surface area contributed by atoms with Gasteiger partial charge in [-0.15, -0.1) is 0 Å². The van der Waals surface area contributed by atoms with Crippen molar-refractivity contribution in [2.45, 2.75) is 13.5 Å². The predicted molar refractivity (Wildman–Crippen MR) is 81.9 cm³/mol. The van der Waals surface area contributed by atoms with Crippen LogP contribution in [0.3, 0.4) is 0 Å². The average Bonchev–Trinajstić information content (AvgIpc) is 2.85. The molecular formula is C17H13ClN2. The van der Waals surface area contributed by atoms with Crippen LogP contribution in [0, 0.1) is 18.3 Å². The van der Waals surface area contributed by atoms with Gasteiger partial charge in [-0.2, -0.15) is 5.26 Å². The summed E-state index contributed by atoms with van der Waals surface area (Å²) in [5, 5.41) is 10.8. The topological polar surface area (TPSA) is 28.7 Å². The van der Waals surface area contributed by atoms with E-state index in [4.69, 9.17) is 16.9 Å². The summed E-state index contributed by atoms with van der Waals surface area (Å²) in [5.41, 5.74) is 4.07. The van der Waals surface area contributed by atoms with Gasteiger partial charge in [0.25, 0.3) is 0 Å². The van der Waals surface area contributed by atoms with E-state index in [1.54, 1.807) is 0 Å². The lowest BCUT2D eigenvalue weighted by molar-refractivity contribution is 0.830. The third-order valence-electron chi connectivity index (χ3n) is 3.55. The van der Waals surface area contributed by atoms with Crippen LogP contribution in [0.5, 0.6) is 0 Å². The van der Waals surface area contributed by atoms with Gasteiger partial charge in [0, 0.05) is 18.1 Å². The largest absolute Gasteiger partial charge is 0.342 e. The Labute approximate surface area is 122 Å². The molecule has 3 heteroatoms. The molecule has 98 valence electrons. The van der Waals surface area contributed by atoms with Gasteiger partial charge in [-0.25, -0.2) is 0 Å². The van der Waals surface area contributed by atoms with E-state index >= 15 is 0 Å². The maximum absolute atomic E-state index is 8.91. The standard InChI is InChI=1S/C17H13ClN2/c1-12-9-13(10-19)5-6-15(12)11-20-8-7-14-3-2-4-16(18)17(14)20/h2-9H,11H2,1H3. The quantitative estimate of drug-likeness (QED) is 0.678. The molecule has 0 amide bonds. The Morgan fingerprint density at radius 2 is 2.05 bits per heavy atom. The molecule has 0 spiro atoms. The lowest BCUT2D eigenvalue weighted by Gasteiger charge is -2.10. The van der Waals surface area contributed by atoms with E-state index in [1.165, 1.54) is 5.56 Å². The molecule has 20 heavy (non-hydrogen) atoms. The number of aryl methyl sites for hydroxylation is 1. The predicted octanol–water partition coefficient (Wildman–Crippen LogP) is 4.52. The molecule has 0 bridgehead atoms. The van der Waals surface area contributed by atoms with Crippen LogP contribution < -0.4 is 0 Å². The molecule has 0 aliphatic carbocycles. The van der Waals surface area contributed by atoms with Gasteiger partial charge in [-0.1, -0.05) is 29.8 Å². The van der Waals surface area contributed by atoms with Crippen LogP contribution in [0.25, 0.3) is 10.9 Å². The highest BCUT2D eigenvalue weighted by atomic mass is 35.5. The molecule has 0 fully saturated rings. The molecule has 0 saturated heterocycles. The number of rotatable bonds is 2. The molecule has 0 radical (unpaired) electrons. The lowest BCUT2D eigenvalue weighted by Crippen LogP contribution is -2.00. The van der Waals surface area contributed by atoms with Gasteiger partial charge in [-0.3, -0.25) is 0 Å². The summed E-state index contributed by atoms with van der Waals surface area (Å²) < 4.78 is 2.14. The molecular weight excluding hydrogens is 268 g/mol. The van der Waals surface area contributed by atoms with Gasteiger partial charge >= 0.3 is 0 Å². The Hall–Kier alpha value is -2.24. The van der Waals surface area contributed by atoms with E-state index in [-0.39, 0.29) is 0 Å². The lowest BCUT2D eigenvalue weighted by atomic mass is 10.1. The first-order chi connectivity index (χ1) is 9.69. The van der Waals surface area contributed by atoms with Crippen molar-refractivity contribution in [1.82, 2.24) is 4.57 Å². The summed E-state index contributed by atoms with van der Waals surface area (Å²) >= 11 is 6.29. The molecule has 0 atom stereocenters. The van der Waals surface area contributed by atoms with E-state index in [9.17, 15) is 0 Å². The van der Waals surface area contributed by atoms with Gasteiger partial charge in [-0.05, 0) is 42.3 Å². The third kappa shape index (κ3) is 2.17. The van der Waals surface area contributed by atoms with E-state index in [2.05, 4.69) is 22.8 Å². The number of aromatic nitrogens is 1. The van der Waals surface area contributed by atoms with Crippen LogP contribution in [0.1, 0.15) is 16.7 Å². The monoisotopic (exact) mass is 280 g/mol. The summed E-state index contributed by atoms with van der Waals surface area (Å²) in [4.78, 5) is 0. The van der Waals surface area contributed by atoms with Crippen molar-refractivity contribution < 1.29 is 0 Å². The van der Waals surface area contributed by atoms with Gasteiger partial charge in [0.15, 0.2) is 0 Å². The zero-order chi connectivity index (χ0) is 14.1. The number of benzene rings is 2. The maximum atomic E-state index is 8.91. The van der Waals surface area contributed by atoms with Crippen LogP contribution in [0.4, 0.5) is 0 Å². The molecule has 3 aromatic rings. The number of fused-ring (bicyclic) bond motifs is 1. The molecule has 0 N–H and O–H groups in total. The van der Waals surface area contributed by atoms with E-state index < -0.39 is 0 Å². The maximum Gasteiger partial charge on any atom is 0.0991 e. The van der Waals surface area contributed by atoms with Gasteiger partial charge in [0.1, 0.15) is 0 Å². The van der Waals surface area contributed by atoms with Crippen LogP contribution in [-0.2, 0) is 6.54 Å². The van der Waals surface area contributed by atoms with Crippen LogP contribution in [0.15, 0.2) is 48.7 Å². The second-order valence-electron chi connectivity index (χ2n) is 4.87. The third-order valence-corrected chi connectivity index (χ3v) is 3.86. The van der Waals surface area contributed by atoms with Crippen molar-refractivity contribution >= 4 is 22.5 Å². The van der Waals surface area contributed by atoms with Gasteiger partial charge in [0.05, 0.1) is 22.2 Å². The highest BCUT2D eigenvalue weighted by molar-refractivity contribution is 6.35. The van der Waals surface area contributed by atoms with Crippen molar-refractivity contribution in [3.8, 4) is 6.07 Å². The summed E-state index contributed by atoms with van der Waals surface area (Å²) in [5.74, 6) is 0. The fourth-order valence-corrected chi connectivity index (χ4v) is 2.76. The minimum absolute atomic E-state index is 0.696. The van der Waals surface area contributed by atoms with Crippen molar-refractivity contribution in [3.05, 3.63) is 70.4 Å². The Kier molecular flexibility index (Phi) is 3.22. The first-order valence-corrected chi connectivity index (χ1v) is 6.80. The second-order valence-corrected chi connectivity index (χ2v) is 5.28. The Morgan fingerprint density at radius 3 is 2.80 bits per heavy atom. The number of para-hydroxylation sites is 1. The number of hydrogen-bond donors (Lipinski definition) is 0. The smallest absolute Gasteiger partial charge is 0.0991 e. The van der Waals surface area contributed by atoms with Crippen molar-refractivity contribution in [2.24, 2.45) is 0 Å². The summed E-state index contributed by atoms with van der Waals surface area (Å²) in [7, 11) is 0. The molecule has 2 aromatic carbocycles. The zero-order valence-electron chi connectivity index (χ0n) is 11.1. The molecule has 2 nitrogen and oxygen atoms in total. The minimum atomic E-state index is 0.696. The molecule has 0 aliphatic heterocycles. The number of hydrogen-bond acceptors (Lipinski definition) is 1. The fraction of sp³-hybridized carbons (Fsp3) is 0.118. The first kappa shape index (κ1) is 12.8. The molecule has 0 saturated carbocycles. The Balaban J connectivity index is 2.04. The van der Waals surface area contributed by atoms with E-state index in [0.29, 0.717) is 5.56 Å². The van der Waals surface area contributed by atoms with Crippen LogP contribution in [0.2, 0.25) is 5.02 Å². The van der Waals surface area contributed by atoms with Gasteiger partial charge in [0.2, 0.25) is 0 Å². The van der Waals surface area contributed by atoms with Crippen molar-refractivity contribution in [3.63, 3.8) is 0 Å². The van der Waals surface area contributed by atoms with Crippen LogP contribution in [-0.4, -0.2) is 4.57 Å².